The number of carboxylic acids is 1. The van der Waals surface area contributed by atoms with Gasteiger partial charge < -0.3 is 29.2 Å². The van der Waals surface area contributed by atoms with Crippen LogP contribution >= 0.6 is 0 Å². The Kier molecular flexibility index (Phi) is 8.08. The van der Waals surface area contributed by atoms with Crippen molar-refractivity contribution in [2.24, 2.45) is 45.8 Å². The van der Waals surface area contributed by atoms with Gasteiger partial charge in [-0.3, -0.25) is 9.69 Å². The van der Waals surface area contributed by atoms with Gasteiger partial charge in [0.25, 0.3) is 0 Å². The van der Waals surface area contributed by atoms with Crippen molar-refractivity contribution in [2.75, 3.05) is 55.6 Å². The van der Waals surface area contributed by atoms with Crippen LogP contribution in [0.25, 0.3) is 0 Å². The summed E-state index contributed by atoms with van der Waals surface area (Å²) >= 11 is 0. The number of carbonyl (C=O) groups excluding carboxylic acids is 1. The van der Waals surface area contributed by atoms with Crippen LogP contribution in [0, 0.1) is 45.8 Å². The van der Waals surface area contributed by atoms with Gasteiger partial charge in [0.05, 0.1) is 29.8 Å². The number of fused-ring (bicyclic) bond motifs is 2. The molecule has 3 saturated carbocycles. The van der Waals surface area contributed by atoms with E-state index in [2.05, 4.69) is 79.7 Å². The average Bonchev–Trinajstić information content (AvgIpc) is 3.80. The molecule has 3 aliphatic heterocycles. The molecule has 3 saturated heterocycles. The second kappa shape index (κ2) is 11.8. The topological polar surface area (TPSA) is 82.6 Å². The average molecular weight is 660 g/mol. The van der Waals surface area contributed by atoms with Crippen LogP contribution in [0.4, 0.5) is 11.4 Å². The van der Waals surface area contributed by atoms with E-state index in [1.165, 1.54) is 11.4 Å². The number of anilines is 2. The van der Waals surface area contributed by atoms with Crippen molar-refractivity contribution in [3.05, 3.63) is 35.9 Å². The molecule has 6 fully saturated rings. The minimum atomic E-state index is -1.15. The first-order chi connectivity index (χ1) is 23.0. The quantitative estimate of drug-likeness (QED) is 0.273. The molecule has 0 radical (unpaired) electrons. The van der Waals surface area contributed by atoms with E-state index >= 15 is 0 Å². The Morgan fingerprint density at radius 3 is 2.21 bits per heavy atom. The van der Waals surface area contributed by atoms with Crippen LogP contribution in [0.5, 0.6) is 0 Å². The summed E-state index contributed by atoms with van der Waals surface area (Å²) in [5.41, 5.74) is 1.07. The Labute approximate surface area is 287 Å². The second-order valence-electron chi connectivity index (χ2n) is 17.2. The molecule has 11 atom stereocenters. The first-order valence-corrected chi connectivity index (χ1v) is 19.1. The molecule has 0 amide bonds. The highest BCUT2D eigenvalue weighted by Crippen LogP contribution is 2.84. The number of aldehydes is 1. The molecule has 8 heteroatoms. The van der Waals surface area contributed by atoms with Crippen LogP contribution < -0.4 is 9.80 Å². The first kappa shape index (κ1) is 32.8. The van der Waals surface area contributed by atoms with Crippen LogP contribution in [0.15, 0.2) is 35.9 Å². The van der Waals surface area contributed by atoms with Crippen molar-refractivity contribution < 1.29 is 24.2 Å². The van der Waals surface area contributed by atoms with Gasteiger partial charge in [0.2, 0.25) is 0 Å². The third kappa shape index (κ3) is 4.50. The van der Waals surface area contributed by atoms with Gasteiger partial charge >= 0.3 is 5.97 Å². The Balaban J connectivity index is 0.955. The van der Waals surface area contributed by atoms with E-state index in [1.807, 2.05) is 0 Å². The molecule has 7 aliphatic rings. The fourth-order valence-corrected chi connectivity index (χ4v) is 12.8. The maximum Gasteiger partial charge on any atom is 0.315 e. The molecule has 3 heterocycles. The summed E-state index contributed by atoms with van der Waals surface area (Å²) in [6, 6.07) is 9.06. The third-order valence-corrected chi connectivity index (χ3v) is 14.5. The number of ether oxygens (including phenoxy) is 2. The molecule has 8 rings (SSSR count). The van der Waals surface area contributed by atoms with E-state index in [4.69, 9.17) is 9.47 Å². The van der Waals surface area contributed by atoms with Gasteiger partial charge in [0.15, 0.2) is 0 Å². The molecule has 1 aromatic rings. The van der Waals surface area contributed by atoms with Gasteiger partial charge in [-0.25, -0.2) is 0 Å². The molecule has 48 heavy (non-hydrogen) atoms. The summed E-state index contributed by atoms with van der Waals surface area (Å²) < 4.78 is 13.0. The zero-order valence-corrected chi connectivity index (χ0v) is 29.8. The number of rotatable bonds is 8. The standard InChI is InChI=1S/C40H57N3O5/c1-25(2)35-18-29-19-38(24-44)34-12-6-26(3)33(34)20-39(29,40(35,38)37(45)46)36-13-11-32(48-36)23-41-14-16-42(17-15-41)30-7-9-31(10-8-30)43-21-27(4)47-28(5)22-43/h7-10,18,24-29,32-34,36H,6,11-17,19-23H2,1-5H3,(H,45,46)/t26-,27-,28+,29?,32?,33-,34-,36?,38?,39?,40?/m1/s1. The fraction of sp³-hybridized carbons (Fsp3) is 0.750. The number of nitrogens with zero attached hydrogens (tertiary/aromatic N) is 3. The summed E-state index contributed by atoms with van der Waals surface area (Å²) in [6.45, 7) is 17.6. The number of allylic oxidation sites excluding steroid dienone is 1. The smallest absolute Gasteiger partial charge is 0.315 e. The number of benzene rings is 1. The van der Waals surface area contributed by atoms with E-state index < -0.39 is 22.2 Å². The van der Waals surface area contributed by atoms with E-state index in [0.717, 1.165) is 89.8 Å². The molecule has 8 nitrogen and oxygen atoms in total. The third-order valence-electron chi connectivity index (χ3n) is 14.5. The molecule has 4 bridgehead atoms. The number of hydrogen-bond donors (Lipinski definition) is 1. The van der Waals surface area contributed by atoms with Crippen molar-refractivity contribution in [1.82, 2.24) is 4.90 Å². The van der Waals surface area contributed by atoms with Crippen molar-refractivity contribution in [2.45, 2.75) is 97.6 Å². The summed E-state index contributed by atoms with van der Waals surface area (Å²) in [6.07, 6.45) is 9.43. The fourth-order valence-electron chi connectivity index (χ4n) is 12.8. The van der Waals surface area contributed by atoms with Crippen LogP contribution in [0.2, 0.25) is 0 Å². The van der Waals surface area contributed by atoms with E-state index in [1.54, 1.807) is 0 Å². The molecule has 0 spiro atoms. The summed E-state index contributed by atoms with van der Waals surface area (Å²) in [5, 5.41) is 11.4. The molecule has 1 N–H and O–H groups in total. The minimum absolute atomic E-state index is 0.0944. The van der Waals surface area contributed by atoms with E-state index in [9.17, 15) is 14.7 Å². The molecule has 6 unspecified atom stereocenters. The monoisotopic (exact) mass is 659 g/mol. The van der Waals surface area contributed by atoms with Crippen LogP contribution in [-0.2, 0) is 19.1 Å². The Morgan fingerprint density at radius 2 is 1.58 bits per heavy atom. The highest BCUT2D eigenvalue weighted by Gasteiger charge is 2.86. The summed E-state index contributed by atoms with van der Waals surface area (Å²) in [4.78, 5) is 34.8. The molecule has 262 valence electrons. The van der Waals surface area contributed by atoms with Crippen molar-refractivity contribution in [1.29, 1.82) is 0 Å². The predicted molar refractivity (Wildman–Crippen MR) is 187 cm³/mol. The van der Waals surface area contributed by atoms with Crippen LogP contribution in [-0.4, -0.2) is 92.5 Å². The number of piperazine rings is 1. The van der Waals surface area contributed by atoms with Gasteiger partial charge in [-0.05, 0) is 99.8 Å². The number of aliphatic carboxylic acids is 1. The van der Waals surface area contributed by atoms with Gasteiger partial charge in [-0.1, -0.05) is 38.8 Å². The summed E-state index contributed by atoms with van der Waals surface area (Å²) in [7, 11) is 0. The Morgan fingerprint density at radius 1 is 0.917 bits per heavy atom. The number of hydrogen-bond acceptors (Lipinski definition) is 7. The Bertz CT molecular complexity index is 1430. The number of morpholine rings is 1. The molecule has 0 aromatic heterocycles. The van der Waals surface area contributed by atoms with Crippen LogP contribution in [0.1, 0.15) is 73.1 Å². The van der Waals surface area contributed by atoms with Crippen molar-refractivity contribution in [3.63, 3.8) is 0 Å². The van der Waals surface area contributed by atoms with Gasteiger partial charge in [0.1, 0.15) is 11.7 Å². The molecular weight excluding hydrogens is 602 g/mol. The maximum absolute atomic E-state index is 13.9. The normalized spacial score (nSPS) is 43.9. The van der Waals surface area contributed by atoms with Crippen LogP contribution in [0.3, 0.4) is 0 Å². The van der Waals surface area contributed by atoms with E-state index in [-0.39, 0.29) is 42.2 Å². The first-order valence-electron chi connectivity index (χ1n) is 19.1. The van der Waals surface area contributed by atoms with Gasteiger partial charge in [0, 0.05) is 62.6 Å². The zero-order valence-electron chi connectivity index (χ0n) is 29.8. The lowest BCUT2D eigenvalue weighted by Crippen LogP contribution is -2.65. The maximum atomic E-state index is 13.9. The van der Waals surface area contributed by atoms with Gasteiger partial charge in [-0.15, -0.1) is 0 Å². The van der Waals surface area contributed by atoms with Crippen molar-refractivity contribution in [3.8, 4) is 0 Å². The SMILES string of the molecule is CC(C)C1=CC2CC3(C=O)[C@@H]4CC[C@@H](C)[C@H]4CC2(C2CCC(CN4CCN(c5ccc(N6C[C@@H](C)O[C@@H](C)C6)cc5)CC4)O2)C13C(=O)O. The minimum Gasteiger partial charge on any atom is -0.481 e. The largest absolute Gasteiger partial charge is 0.481 e. The zero-order chi connectivity index (χ0) is 33.6. The second-order valence-corrected chi connectivity index (χ2v) is 17.2. The number of carbonyl (C=O) groups is 2. The van der Waals surface area contributed by atoms with E-state index in [0.29, 0.717) is 18.3 Å². The lowest BCUT2D eigenvalue weighted by Gasteiger charge is -2.60. The highest BCUT2D eigenvalue weighted by molar-refractivity contribution is 5.90. The predicted octanol–water partition coefficient (Wildman–Crippen LogP) is 5.89. The Hall–Kier alpha value is -2.42. The highest BCUT2D eigenvalue weighted by atomic mass is 16.5. The van der Waals surface area contributed by atoms with Crippen molar-refractivity contribution >= 4 is 23.6 Å². The lowest BCUT2D eigenvalue weighted by atomic mass is 9.41. The van der Waals surface area contributed by atoms with Gasteiger partial charge in [-0.2, -0.15) is 0 Å². The summed E-state index contributed by atoms with van der Waals surface area (Å²) in [5.74, 6) is 0.519. The lowest BCUT2D eigenvalue weighted by molar-refractivity contribution is -0.197. The number of carboxylic acid groups (broad SMARTS) is 1. The molecular formula is C40H57N3O5. The molecule has 4 aliphatic carbocycles. The molecule has 1 aromatic carbocycles.